The Balaban J connectivity index is 2.68. The van der Waals surface area contributed by atoms with Crippen LogP contribution in [0.15, 0.2) is 83.7 Å². The van der Waals surface area contributed by atoms with Gasteiger partial charge in [-0.15, -0.1) is 0 Å². The summed E-state index contributed by atoms with van der Waals surface area (Å²) in [6.07, 6.45) is 4.39. The highest BCUT2D eigenvalue weighted by molar-refractivity contribution is 6.13. The molecule has 0 unspecified atom stereocenters. The predicted octanol–water partition coefficient (Wildman–Crippen LogP) is 5.04. The molecule has 0 radical (unpaired) electrons. The number of esters is 4. The number of methoxy groups -OCH3 is 4. The normalized spacial score (nSPS) is 14.2. The molecule has 0 aromatic heterocycles. The van der Waals surface area contributed by atoms with Gasteiger partial charge in [0.05, 0.1) is 34.5 Å². The van der Waals surface area contributed by atoms with Crippen molar-refractivity contribution in [3.63, 3.8) is 0 Å². The molecule has 0 spiro atoms. The fourth-order valence-electron chi connectivity index (χ4n) is 4.70. The lowest BCUT2D eigenvalue weighted by Crippen LogP contribution is -2.45. The van der Waals surface area contributed by atoms with E-state index in [4.69, 9.17) is 23.7 Å². The van der Waals surface area contributed by atoms with E-state index >= 15 is 0 Å². The summed E-state index contributed by atoms with van der Waals surface area (Å²) in [6, 6.07) is 12.5. The van der Waals surface area contributed by atoms with Crippen molar-refractivity contribution in [3.8, 4) is 0 Å². The fraction of sp³-hybridized carbons (Fsp3) is 0.353. The molecule has 0 aliphatic carbocycles. The molecular formula is C34H40N2O9. The van der Waals surface area contributed by atoms with Crippen molar-refractivity contribution in [1.82, 2.24) is 9.80 Å². The number of hydrogen-bond donors (Lipinski definition) is 0. The lowest BCUT2D eigenvalue weighted by molar-refractivity contribution is -0.141. The summed E-state index contributed by atoms with van der Waals surface area (Å²) < 4.78 is 26.4. The van der Waals surface area contributed by atoms with Gasteiger partial charge < -0.3 is 33.5 Å². The van der Waals surface area contributed by atoms with Gasteiger partial charge in [0.2, 0.25) is 5.76 Å². The molecule has 0 saturated carbocycles. The monoisotopic (exact) mass is 620 g/mol. The summed E-state index contributed by atoms with van der Waals surface area (Å²) in [5.41, 5.74) is -1.43. The van der Waals surface area contributed by atoms with Crippen LogP contribution in [0.3, 0.4) is 0 Å². The maximum atomic E-state index is 14.0. The van der Waals surface area contributed by atoms with Gasteiger partial charge in [-0.05, 0) is 52.3 Å². The Labute approximate surface area is 263 Å². The minimum Gasteiger partial charge on any atom is -0.466 e. The quantitative estimate of drug-likeness (QED) is 0.171. The fourth-order valence-corrected chi connectivity index (χ4v) is 4.70. The molecule has 45 heavy (non-hydrogen) atoms. The van der Waals surface area contributed by atoms with E-state index in [-0.39, 0.29) is 16.9 Å². The summed E-state index contributed by atoms with van der Waals surface area (Å²) >= 11 is 0. The van der Waals surface area contributed by atoms with Crippen LogP contribution < -0.4 is 0 Å². The second-order valence-corrected chi connectivity index (χ2v) is 11.9. The molecule has 11 nitrogen and oxygen atoms in total. The number of hydrogen-bond acceptors (Lipinski definition) is 11. The highest BCUT2D eigenvalue weighted by Crippen LogP contribution is 2.41. The highest BCUT2D eigenvalue weighted by Gasteiger charge is 2.42. The summed E-state index contributed by atoms with van der Waals surface area (Å²) in [7, 11) is 4.58. The highest BCUT2D eigenvalue weighted by atomic mass is 16.6. The number of ether oxygens (including phenoxy) is 5. The Bertz CT molecular complexity index is 1590. The van der Waals surface area contributed by atoms with Crippen molar-refractivity contribution in [2.45, 2.75) is 52.6 Å². The molecule has 2 aromatic carbocycles. The number of benzene rings is 2. The molecule has 1 aliphatic rings. The molecule has 3 rings (SSSR count). The first-order valence-corrected chi connectivity index (χ1v) is 14.1. The molecule has 0 amide bonds. The molecule has 0 atom stereocenters. The largest absolute Gasteiger partial charge is 0.466 e. The summed E-state index contributed by atoms with van der Waals surface area (Å²) in [5, 5.41) is 1.37. The molecule has 240 valence electrons. The number of carbonyl (C=O) groups is 4. The van der Waals surface area contributed by atoms with Crippen molar-refractivity contribution in [2.75, 3.05) is 28.4 Å². The van der Waals surface area contributed by atoms with Gasteiger partial charge in [-0.2, -0.15) is 0 Å². The SMILES string of the molecule is COC(=O)/C=C(/O/C(=C(/C(=O)OC)C(C(=O)OC)=C1N(C(C)(C)C)C=CN1C(C)(C)C)c1cccc2ccccc12)C(=O)OC. The van der Waals surface area contributed by atoms with Crippen LogP contribution in [0.1, 0.15) is 47.1 Å². The Morgan fingerprint density at radius 3 is 1.71 bits per heavy atom. The maximum absolute atomic E-state index is 14.0. The van der Waals surface area contributed by atoms with Crippen molar-refractivity contribution in [2.24, 2.45) is 0 Å². The van der Waals surface area contributed by atoms with Crippen LogP contribution in [0.5, 0.6) is 0 Å². The van der Waals surface area contributed by atoms with Crippen LogP contribution in [0.25, 0.3) is 16.5 Å². The van der Waals surface area contributed by atoms with Gasteiger partial charge in [-0.3, -0.25) is 0 Å². The molecule has 2 aromatic rings. The van der Waals surface area contributed by atoms with Gasteiger partial charge in [-0.25, -0.2) is 19.2 Å². The van der Waals surface area contributed by atoms with E-state index in [1.165, 1.54) is 7.11 Å². The molecular weight excluding hydrogens is 580 g/mol. The van der Waals surface area contributed by atoms with Crippen molar-refractivity contribution in [3.05, 3.63) is 89.2 Å². The van der Waals surface area contributed by atoms with Gasteiger partial charge >= 0.3 is 23.9 Å². The second-order valence-electron chi connectivity index (χ2n) is 11.9. The smallest absolute Gasteiger partial charge is 0.374 e. The molecule has 0 bridgehead atoms. The van der Waals surface area contributed by atoms with E-state index in [2.05, 4.69) is 0 Å². The molecule has 1 heterocycles. The molecule has 11 heteroatoms. The molecule has 0 N–H and O–H groups in total. The van der Waals surface area contributed by atoms with Crippen molar-refractivity contribution < 1.29 is 42.9 Å². The minimum atomic E-state index is -1.04. The van der Waals surface area contributed by atoms with E-state index < -0.39 is 40.7 Å². The Morgan fingerprint density at radius 2 is 1.20 bits per heavy atom. The van der Waals surface area contributed by atoms with Crippen LogP contribution in [0, 0.1) is 0 Å². The van der Waals surface area contributed by atoms with Gasteiger partial charge in [0.15, 0.2) is 5.76 Å². The minimum absolute atomic E-state index is 0.204. The van der Waals surface area contributed by atoms with E-state index in [0.29, 0.717) is 16.8 Å². The van der Waals surface area contributed by atoms with E-state index in [9.17, 15) is 19.2 Å². The third kappa shape index (κ3) is 7.36. The maximum Gasteiger partial charge on any atom is 0.374 e. The van der Waals surface area contributed by atoms with Crippen LogP contribution in [-0.4, -0.2) is 73.2 Å². The number of rotatable bonds is 8. The lowest BCUT2D eigenvalue weighted by Gasteiger charge is -2.41. The Hall–Kier alpha value is -5.06. The van der Waals surface area contributed by atoms with E-state index in [1.54, 1.807) is 36.7 Å². The van der Waals surface area contributed by atoms with Crippen molar-refractivity contribution in [1.29, 1.82) is 0 Å². The zero-order valence-corrected chi connectivity index (χ0v) is 27.3. The van der Waals surface area contributed by atoms with Gasteiger partial charge in [-0.1, -0.05) is 42.5 Å². The van der Waals surface area contributed by atoms with Crippen LogP contribution in [0.4, 0.5) is 0 Å². The third-order valence-corrected chi connectivity index (χ3v) is 6.83. The average molecular weight is 621 g/mol. The third-order valence-electron chi connectivity index (χ3n) is 6.83. The van der Waals surface area contributed by atoms with E-state index in [1.807, 2.05) is 69.5 Å². The number of fused-ring (bicyclic) bond motifs is 1. The van der Waals surface area contributed by atoms with E-state index in [0.717, 1.165) is 32.8 Å². The number of carbonyl (C=O) groups excluding carboxylic acids is 4. The van der Waals surface area contributed by atoms with Crippen LogP contribution in [-0.2, 0) is 42.9 Å². The zero-order valence-electron chi connectivity index (χ0n) is 27.3. The zero-order chi connectivity index (χ0) is 33.7. The summed E-state index contributed by atoms with van der Waals surface area (Å²) in [5.74, 6) is -4.37. The predicted molar refractivity (Wildman–Crippen MR) is 167 cm³/mol. The van der Waals surface area contributed by atoms with Gasteiger partial charge in [0.1, 0.15) is 17.0 Å². The van der Waals surface area contributed by atoms with Crippen LogP contribution >= 0.6 is 0 Å². The molecule has 0 saturated heterocycles. The topological polar surface area (TPSA) is 121 Å². The Morgan fingerprint density at radius 1 is 0.667 bits per heavy atom. The first-order chi connectivity index (χ1) is 21.1. The average Bonchev–Trinajstić information content (AvgIpc) is 3.47. The van der Waals surface area contributed by atoms with Gasteiger partial charge in [0.25, 0.3) is 0 Å². The Kier molecular flexibility index (Phi) is 10.5. The van der Waals surface area contributed by atoms with Gasteiger partial charge in [0, 0.05) is 29.0 Å². The molecule has 1 aliphatic heterocycles. The summed E-state index contributed by atoms with van der Waals surface area (Å²) in [6.45, 7) is 11.6. The first-order valence-electron chi connectivity index (χ1n) is 14.1. The van der Waals surface area contributed by atoms with Crippen molar-refractivity contribution >= 4 is 40.4 Å². The standard InChI is InChI=1S/C34H40N2O9/c1-33(2,3)35-18-19-36(34(4,5)6)29(35)27(32(40)44-10)26(31(39)43-9)28(45-24(30(38)42-8)20-25(37)41-7)23-17-13-15-21-14-11-12-16-22(21)23/h11-20H,1-10H3/b24-20+,28-26+. The number of nitrogens with zero attached hydrogens (tertiary/aromatic N) is 2. The summed E-state index contributed by atoms with van der Waals surface area (Å²) in [4.78, 5) is 56.9. The molecule has 0 fully saturated rings. The second kappa shape index (κ2) is 13.7. The lowest BCUT2D eigenvalue weighted by atomic mass is 9.94. The van der Waals surface area contributed by atoms with Crippen LogP contribution in [0.2, 0.25) is 0 Å². The first kappa shape index (κ1) is 34.4.